The Morgan fingerprint density at radius 3 is 2.50 bits per heavy atom. The summed E-state index contributed by atoms with van der Waals surface area (Å²) in [5.41, 5.74) is 14.6. The molecule has 3 rings (SSSR count). The third-order valence-electron chi connectivity index (χ3n) is 3.77. The summed E-state index contributed by atoms with van der Waals surface area (Å²) >= 11 is 1.44. The van der Waals surface area contributed by atoms with Gasteiger partial charge in [-0.3, -0.25) is 15.6 Å². The van der Waals surface area contributed by atoms with Gasteiger partial charge in [-0.05, 0) is 37.6 Å². The van der Waals surface area contributed by atoms with Crippen LogP contribution in [0.4, 0.5) is 11.5 Å². The summed E-state index contributed by atoms with van der Waals surface area (Å²) in [6, 6.07) is 15.4. The van der Waals surface area contributed by atoms with Crippen LogP contribution in [0.15, 0.2) is 64.8 Å². The summed E-state index contributed by atoms with van der Waals surface area (Å²) < 4.78 is 0. The molecule has 2 aromatic carbocycles. The number of nitrogens with one attached hydrogen (secondary N) is 2. The van der Waals surface area contributed by atoms with Crippen LogP contribution in [0.3, 0.4) is 0 Å². The molecule has 0 bridgehead atoms. The van der Waals surface area contributed by atoms with Gasteiger partial charge < -0.3 is 5.73 Å². The van der Waals surface area contributed by atoms with Crippen molar-refractivity contribution in [3.05, 3.63) is 71.5 Å². The van der Waals surface area contributed by atoms with E-state index in [0.717, 1.165) is 10.5 Å². The fourth-order valence-electron chi connectivity index (χ4n) is 2.29. The van der Waals surface area contributed by atoms with Gasteiger partial charge in [0.1, 0.15) is 17.0 Å². The van der Waals surface area contributed by atoms with Gasteiger partial charge in [-0.1, -0.05) is 47.7 Å². The lowest BCUT2D eigenvalue weighted by atomic mass is 10.1. The van der Waals surface area contributed by atoms with E-state index in [-0.39, 0.29) is 5.91 Å². The van der Waals surface area contributed by atoms with Gasteiger partial charge in [0.05, 0.1) is 0 Å². The molecule has 0 saturated heterocycles. The molecular formula is C19H19N5OS. The number of rotatable bonds is 5. The molecule has 26 heavy (non-hydrogen) atoms. The van der Waals surface area contributed by atoms with E-state index in [1.54, 1.807) is 6.07 Å². The molecule has 0 aliphatic heterocycles. The maximum Gasteiger partial charge on any atom is 0.269 e. The Bertz CT molecular complexity index is 927. The zero-order chi connectivity index (χ0) is 18.5. The first kappa shape index (κ1) is 17.8. The molecule has 0 atom stereocenters. The third kappa shape index (κ3) is 4.12. The summed E-state index contributed by atoms with van der Waals surface area (Å²) in [5, 5.41) is 0.622. The number of nitrogens with two attached hydrogens (primary N) is 1. The normalized spacial score (nSPS) is 10.4. The van der Waals surface area contributed by atoms with Gasteiger partial charge in [0, 0.05) is 10.5 Å². The van der Waals surface area contributed by atoms with Crippen LogP contribution in [0.2, 0.25) is 0 Å². The van der Waals surface area contributed by atoms with Crippen molar-refractivity contribution in [1.82, 2.24) is 15.4 Å². The van der Waals surface area contributed by atoms with E-state index in [2.05, 4.69) is 20.8 Å². The van der Waals surface area contributed by atoms with E-state index >= 15 is 0 Å². The van der Waals surface area contributed by atoms with Crippen LogP contribution in [-0.2, 0) is 0 Å². The van der Waals surface area contributed by atoms with Gasteiger partial charge in [0.2, 0.25) is 0 Å². The van der Waals surface area contributed by atoms with Gasteiger partial charge >= 0.3 is 0 Å². The Labute approximate surface area is 156 Å². The maximum absolute atomic E-state index is 12.3. The molecule has 0 aliphatic carbocycles. The van der Waals surface area contributed by atoms with Gasteiger partial charge in [0.15, 0.2) is 5.82 Å². The molecule has 3 aromatic rings. The highest BCUT2D eigenvalue weighted by Crippen LogP contribution is 2.32. The highest BCUT2D eigenvalue weighted by molar-refractivity contribution is 7.99. The molecule has 0 unspecified atom stereocenters. The van der Waals surface area contributed by atoms with Crippen molar-refractivity contribution in [3.8, 4) is 0 Å². The molecule has 0 spiro atoms. The van der Waals surface area contributed by atoms with Crippen molar-refractivity contribution in [3.63, 3.8) is 0 Å². The standard InChI is InChI=1S/C19H19N5OS/c1-12-7-9-14(10-8-12)26-19-16(20)17(21-11-22-19)23-24-18(25)15-6-4-3-5-13(15)2/h3-11H,20H2,1-2H3,(H,24,25)(H,21,22,23). The van der Waals surface area contributed by atoms with Crippen LogP contribution in [-0.4, -0.2) is 15.9 Å². The van der Waals surface area contributed by atoms with Crippen LogP contribution in [0.5, 0.6) is 0 Å². The number of amides is 1. The lowest BCUT2D eigenvalue weighted by molar-refractivity contribution is 0.0962. The molecule has 1 heterocycles. The largest absolute Gasteiger partial charge is 0.393 e. The number of carbonyl (C=O) groups is 1. The first-order valence-electron chi connectivity index (χ1n) is 8.01. The van der Waals surface area contributed by atoms with Crippen molar-refractivity contribution < 1.29 is 4.79 Å². The average molecular weight is 365 g/mol. The summed E-state index contributed by atoms with van der Waals surface area (Å²) in [4.78, 5) is 21.7. The zero-order valence-corrected chi connectivity index (χ0v) is 15.3. The molecule has 1 aromatic heterocycles. The van der Waals surface area contributed by atoms with Gasteiger partial charge in [-0.2, -0.15) is 0 Å². The number of hydrogen-bond donors (Lipinski definition) is 3. The Balaban J connectivity index is 1.72. The highest BCUT2D eigenvalue weighted by atomic mass is 32.2. The number of hydrazine groups is 1. The van der Waals surface area contributed by atoms with Crippen molar-refractivity contribution in [2.45, 2.75) is 23.8 Å². The predicted molar refractivity (Wildman–Crippen MR) is 104 cm³/mol. The number of anilines is 2. The summed E-state index contributed by atoms with van der Waals surface area (Å²) in [6.07, 6.45) is 1.41. The Hall–Kier alpha value is -3.06. The van der Waals surface area contributed by atoms with E-state index in [9.17, 15) is 4.79 Å². The second-order valence-corrected chi connectivity index (χ2v) is 6.81. The molecule has 0 fully saturated rings. The number of aromatic nitrogens is 2. The number of nitrogens with zero attached hydrogens (tertiary/aromatic N) is 2. The molecule has 7 heteroatoms. The molecular weight excluding hydrogens is 346 g/mol. The second-order valence-electron chi connectivity index (χ2n) is 5.75. The summed E-state index contributed by atoms with van der Waals surface area (Å²) in [5.74, 6) is 0.102. The minimum atomic E-state index is -0.256. The van der Waals surface area contributed by atoms with Crippen LogP contribution < -0.4 is 16.6 Å². The summed E-state index contributed by atoms with van der Waals surface area (Å²) in [6.45, 7) is 3.91. The fraction of sp³-hybridized carbons (Fsp3) is 0.105. The van der Waals surface area contributed by atoms with Gasteiger partial charge in [-0.25, -0.2) is 9.97 Å². The number of carbonyl (C=O) groups excluding carboxylic acids is 1. The monoisotopic (exact) mass is 365 g/mol. The predicted octanol–water partition coefficient (Wildman–Crippen LogP) is 3.58. The van der Waals surface area contributed by atoms with Crippen LogP contribution in [0, 0.1) is 13.8 Å². The molecule has 0 saturated carbocycles. The topological polar surface area (TPSA) is 92.9 Å². The lowest BCUT2D eigenvalue weighted by Gasteiger charge is -2.12. The Morgan fingerprint density at radius 1 is 1.04 bits per heavy atom. The van der Waals surface area contributed by atoms with Crippen molar-refractivity contribution in [1.29, 1.82) is 0 Å². The molecule has 0 aliphatic rings. The first-order valence-corrected chi connectivity index (χ1v) is 8.83. The number of benzene rings is 2. The van der Waals surface area contributed by atoms with E-state index in [4.69, 9.17) is 5.73 Å². The molecule has 4 N–H and O–H groups in total. The van der Waals surface area contributed by atoms with Gasteiger partial charge in [-0.15, -0.1) is 0 Å². The molecule has 132 valence electrons. The summed E-state index contributed by atoms with van der Waals surface area (Å²) in [7, 11) is 0. The fourth-order valence-corrected chi connectivity index (χ4v) is 3.09. The van der Waals surface area contributed by atoms with Gasteiger partial charge in [0.25, 0.3) is 5.91 Å². The van der Waals surface area contributed by atoms with E-state index in [1.165, 1.54) is 23.7 Å². The van der Waals surface area contributed by atoms with Crippen molar-refractivity contribution in [2.75, 3.05) is 11.2 Å². The van der Waals surface area contributed by atoms with E-state index in [1.807, 2.05) is 56.3 Å². The van der Waals surface area contributed by atoms with Crippen molar-refractivity contribution >= 4 is 29.2 Å². The quantitative estimate of drug-likeness (QED) is 0.473. The minimum Gasteiger partial charge on any atom is -0.393 e. The zero-order valence-electron chi connectivity index (χ0n) is 14.5. The first-order chi connectivity index (χ1) is 12.5. The maximum atomic E-state index is 12.3. The lowest BCUT2D eigenvalue weighted by Crippen LogP contribution is -2.30. The second kappa shape index (κ2) is 7.88. The molecule has 0 radical (unpaired) electrons. The SMILES string of the molecule is Cc1ccc(Sc2ncnc(NNC(=O)c3ccccc3C)c2N)cc1. The van der Waals surface area contributed by atoms with Crippen LogP contribution >= 0.6 is 11.8 Å². The molecule has 6 nitrogen and oxygen atoms in total. The Morgan fingerprint density at radius 2 is 1.77 bits per heavy atom. The third-order valence-corrected chi connectivity index (χ3v) is 4.79. The average Bonchev–Trinajstić information content (AvgIpc) is 2.64. The Kier molecular flexibility index (Phi) is 5.38. The molecule has 1 amide bonds. The van der Waals surface area contributed by atoms with Crippen LogP contribution in [0.1, 0.15) is 21.5 Å². The number of nitrogen functional groups attached to an aromatic ring is 1. The number of aryl methyl sites for hydroxylation is 2. The van der Waals surface area contributed by atoms with Crippen molar-refractivity contribution in [2.24, 2.45) is 0 Å². The smallest absolute Gasteiger partial charge is 0.269 e. The van der Waals surface area contributed by atoms with E-state index < -0.39 is 0 Å². The highest BCUT2D eigenvalue weighted by Gasteiger charge is 2.12. The number of hydrogen-bond acceptors (Lipinski definition) is 6. The van der Waals surface area contributed by atoms with Crippen LogP contribution in [0.25, 0.3) is 0 Å². The van der Waals surface area contributed by atoms with E-state index in [0.29, 0.717) is 22.1 Å². The minimum absolute atomic E-state index is 0.256.